The van der Waals surface area contributed by atoms with Crippen molar-refractivity contribution >= 4 is 0 Å². The largest absolute Gasteiger partial charge is 0.394 e. The maximum atomic E-state index is 12.8. The van der Waals surface area contributed by atoms with E-state index in [1.165, 1.54) is 7.11 Å². The van der Waals surface area contributed by atoms with Gasteiger partial charge in [-0.1, -0.05) is 34.6 Å². The summed E-state index contributed by atoms with van der Waals surface area (Å²) in [6.45, 7) is 10.3. The fourth-order valence-corrected chi connectivity index (χ4v) is 12.2. The second-order valence-electron chi connectivity index (χ2n) is 18.0. The second kappa shape index (κ2) is 15.2. The molecule has 2 unspecified atom stereocenters. The van der Waals surface area contributed by atoms with Gasteiger partial charge in [-0.25, -0.2) is 0 Å². The minimum atomic E-state index is -1.24. The Kier molecular flexibility index (Phi) is 12.0. The van der Waals surface area contributed by atoms with Crippen molar-refractivity contribution in [2.75, 3.05) is 20.3 Å². The van der Waals surface area contributed by atoms with Gasteiger partial charge in [0, 0.05) is 19.4 Å². The molecule has 20 atom stereocenters. The van der Waals surface area contributed by atoms with E-state index in [1.54, 1.807) is 0 Å². The van der Waals surface area contributed by atoms with Gasteiger partial charge in [-0.2, -0.15) is 0 Å². The molecule has 2 saturated heterocycles. The highest BCUT2D eigenvalue weighted by Crippen LogP contribution is 2.70. The Morgan fingerprint density at radius 1 is 0.824 bits per heavy atom. The topological polar surface area (TPSA) is 208 Å². The Balaban J connectivity index is 1.12. The summed E-state index contributed by atoms with van der Waals surface area (Å²) in [5, 5.41) is 87.1. The fourth-order valence-electron chi connectivity index (χ4n) is 12.2. The number of rotatable bonds is 11. The van der Waals surface area contributed by atoms with E-state index in [0.717, 1.165) is 25.7 Å². The van der Waals surface area contributed by atoms with E-state index in [1.807, 2.05) is 13.8 Å². The van der Waals surface area contributed by atoms with Crippen LogP contribution in [0, 0.1) is 46.3 Å². The van der Waals surface area contributed by atoms with Crippen LogP contribution in [0.3, 0.4) is 0 Å². The van der Waals surface area contributed by atoms with Gasteiger partial charge in [-0.3, -0.25) is 0 Å². The summed E-state index contributed by atoms with van der Waals surface area (Å²) >= 11 is 0. The zero-order valence-electron chi connectivity index (χ0n) is 31.3. The van der Waals surface area contributed by atoms with Crippen LogP contribution in [-0.4, -0.2) is 140 Å². The normalized spacial score (nSPS) is 52.6. The van der Waals surface area contributed by atoms with E-state index in [4.69, 9.17) is 23.7 Å². The molecule has 0 radical (unpaired) electrons. The minimum Gasteiger partial charge on any atom is -0.394 e. The third kappa shape index (κ3) is 6.97. The number of fused-ring (bicyclic) bond motifs is 5. The molecule has 296 valence electrons. The first-order chi connectivity index (χ1) is 24.0. The molecule has 2 heterocycles. The van der Waals surface area contributed by atoms with E-state index in [-0.39, 0.29) is 71.6 Å². The van der Waals surface area contributed by atoms with Gasteiger partial charge in [0.25, 0.3) is 0 Å². The lowest BCUT2D eigenvalue weighted by molar-refractivity contribution is -0.303. The molecule has 4 aliphatic carbocycles. The molecule has 13 nitrogen and oxygen atoms in total. The van der Waals surface area contributed by atoms with Crippen molar-refractivity contribution in [3.8, 4) is 0 Å². The highest BCUT2D eigenvalue weighted by atomic mass is 16.7. The van der Waals surface area contributed by atoms with E-state index < -0.39 is 73.6 Å². The van der Waals surface area contributed by atoms with E-state index >= 15 is 0 Å². The number of hydrogen-bond donors (Lipinski definition) is 8. The van der Waals surface area contributed by atoms with Gasteiger partial charge in [0.1, 0.15) is 36.6 Å². The van der Waals surface area contributed by atoms with Crippen molar-refractivity contribution in [2.24, 2.45) is 46.3 Å². The summed E-state index contributed by atoms with van der Waals surface area (Å²) in [4.78, 5) is 0. The molecular formula is C38H66O13. The van der Waals surface area contributed by atoms with Crippen LogP contribution >= 0.6 is 0 Å². The Morgan fingerprint density at radius 2 is 1.53 bits per heavy atom. The average molecular weight is 731 g/mol. The van der Waals surface area contributed by atoms with Crippen molar-refractivity contribution in [3.05, 3.63) is 0 Å². The first-order valence-electron chi connectivity index (χ1n) is 19.5. The molecule has 0 amide bonds. The molecular weight excluding hydrogens is 664 g/mol. The van der Waals surface area contributed by atoms with E-state index in [2.05, 4.69) is 20.8 Å². The van der Waals surface area contributed by atoms with Crippen molar-refractivity contribution < 1.29 is 64.5 Å². The van der Waals surface area contributed by atoms with Gasteiger partial charge >= 0.3 is 0 Å². The van der Waals surface area contributed by atoms with Crippen molar-refractivity contribution in [1.82, 2.24) is 0 Å². The molecule has 0 aromatic rings. The number of aliphatic hydroxyl groups excluding tert-OH is 7. The fraction of sp³-hybridized carbons (Fsp3) is 1.00. The van der Waals surface area contributed by atoms with Crippen LogP contribution in [0.4, 0.5) is 0 Å². The minimum absolute atomic E-state index is 0.0537. The van der Waals surface area contributed by atoms with Crippen molar-refractivity contribution in [2.45, 2.75) is 172 Å². The zero-order chi connectivity index (χ0) is 37.2. The molecule has 0 aromatic carbocycles. The molecule has 8 N–H and O–H groups in total. The maximum absolute atomic E-state index is 12.8. The lowest BCUT2D eigenvalue weighted by Gasteiger charge is -2.66. The summed E-state index contributed by atoms with van der Waals surface area (Å²) < 4.78 is 29.3. The first kappa shape index (κ1) is 40.2. The summed E-state index contributed by atoms with van der Waals surface area (Å²) in [6.07, 6.45) is -4.26. The SMILES string of the molecule is CO[C@H]1[C@H](O[C@H]2CC[C@]3(C)C4CC[C@@]5(C)C([C@@H](O)C[C@@H]5[C@H](C)CC[C@H](O[C@@H]5O[C@@H](CO)[C@H](O)[C@H]5O)C(C)C)[C@]4(O)C[C@@H](O)[C@H]3C2)OC[C@@H](O)[C@@H]1O. The summed E-state index contributed by atoms with van der Waals surface area (Å²) in [5.41, 5.74) is -1.92. The smallest absolute Gasteiger partial charge is 0.186 e. The third-order valence-electron chi connectivity index (χ3n) is 14.9. The Bertz CT molecular complexity index is 1180. The second-order valence-corrected chi connectivity index (χ2v) is 18.0. The van der Waals surface area contributed by atoms with Crippen LogP contribution < -0.4 is 0 Å². The molecule has 0 bridgehead atoms. The summed E-state index contributed by atoms with van der Waals surface area (Å²) in [5.74, 6) is -0.129. The number of ether oxygens (including phenoxy) is 5. The van der Waals surface area contributed by atoms with Gasteiger partial charge in [0.15, 0.2) is 12.6 Å². The van der Waals surface area contributed by atoms with Crippen molar-refractivity contribution in [1.29, 1.82) is 0 Å². The lowest BCUT2D eigenvalue weighted by atomic mass is 9.42. The molecule has 6 aliphatic rings. The zero-order valence-corrected chi connectivity index (χ0v) is 31.3. The molecule has 6 rings (SSSR count). The summed E-state index contributed by atoms with van der Waals surface area (Å²) in [6, 6.07) is 0. The summed E-state index contributed by atoms with van der Waals surface area (Å²) in [7, 11) is 1.45. The molecule has 0 aromatic heterocycles. The van der Waals surface area contributed by atoms with Crippen LogP contribution in [0.15, 0.2) is 0 Å². The molecule has 51 heavy (non-hydrogen) atoms. The monoisotopic (exact) mass is 730 g/mol. The predicted molar refractivity (Wildman–Crippen MR) is 183 cm³/mol. The van der Waals surface area contributed by atoms with Crippen LogP contribution in [0.5, 0.6) is 0 Å². The number of hydrogen-bond acceptors (Lipinski definition) is 13. The molecule has 2 aliphatic heterocycles. The van der Waals surface area contributed by atoms with Crippen LogP contribution in [0.25, 0.3) is 0 Å². The van der Waals surface area contributed by atoms with Crippen LogP contribution in [0.2, 0.25) is 0 Å². The van der Waals surface area contributed by atoms with Gasteiger partial charge < -0.3 is 64.5 Å². The first-order valence-corrected chi connectivity index (χ1v) is 19.5. The highest BCUT2D eigenvalue weighted by molar-refractivity contribution is 5.20. The number of methoxy groups -OCH3 is 1. The Morgan fingerprint density at radius 3 is 2.18 bits per heavy atom. The Hall–Kier alpha value is -0.520. The lowest BCUT2D eigenvalue weighted by Crippen LogP contribution is -2.68. The molecule has 6 fully saturated rings. The Labute approximate surface area is 302 Å². The third-order valence-corrected chi connectivity index (χ3v) is 14.9. The van der Waals surface area contributed by atoms with Gasteiger partial charge in [0.05, 0.1) is 43.2 Å². The highest BCUT2D eigenvalue weighted by Gasteiger charge is 2.71. The van der Waals surface area contributed by atoms with Crippen LogP contribution in [-0.2, 0) is 23.7 Å². The quantitative estimate of drug-likeness (QED) is 0.140. The predicted octanol–water partition coefficient (Wildman–Crippen LogP) is 1.08. The number of aliphatic hydroxyl groups is 8. The molecule has 0 spiro atoms. The molecule has 4 saturated carbocycles. The van der Waals surface area contributed by atoms with Gasteiger partial charge in [0.2, 0.25) is 0 Å². The van der Waals surface area contributed by atoms with Crippen LogP contribution in [0.1, 0.15) is 92.4 Å². The standard InChI is InChI=1S/C38H66O13/c1-18(2)26(50-34-31(45)30(44)27(16-39)51-34)8-7-19(3)21-14-23(40)33-37(21,5)12-10-28-36(4)11-9-20(13-22(36)24(41)15-38(28,33)46)49-35-32(47-6)29(43)25(42)17-48-35/h18-35,39-46H,7-17H2,1-6H3/t19-,20+,21-,22-,23+,24-,25-,26+,27+,28?,29+,30+,31-,32-,33?,34-,35+,36+,37-,38+/m1/s1. The maximum Gasteiger partial charge on any atom is 0.186 e. The van der Waals surface area contributed by atoms with Gasteiger partial charge in [-0.05, 0) is 91.8 Å². The van der Waals surface area contributed by atoms with E-state index in [0.29, 0.717) is 25.7 Å². The molecule has 13 heteroatoms. The van der Waals surface area contributed by atoms with Gasteiger partial charge in [-0.15, -0.1) is 0 Å². The van der Waals surface area contributed by atoms with E-state index in [9.17, 15) is 40.9 Å². The average Bonchev–Trinajstić information content (AvgIpc) is 3.51. The van der Waals surface area contributed by atoms with Crippen molar-refractivity contribution in [3.63, 3.8) is 0 Å².